The van der Waals surface area contributed by atoms with E-state index < -0.39 is 50.6 Å². The lowest BCUT2D eigenvalue weighted by atomic mass is 9.87. The third-order valence-electron chi connectivity index (χ3n) is 7.90. The van der Waals surface area contributed by atoms with Crippen molar-refractivity contribution in [1.29, 1.82) is 0 Å². The molecule has 1 atom stereocenters. The lowest BCUT2D eigenvalue weighted by molar-refractivity contribution is -0.138. The zero-order valence-corrected chi connectivity index (χ0v) is 28.9. The number of amides is 1. The quantitative estimate of drug-likeness (QED) is 0.224. The number of nitrogens with one attached hydrogen (secondary N) is 1. The van der Waals surface area contributed by atoms with Crippen molar-refractivity contribution in [3.63, 3.8) is 0 Å². The van der Waals surface area contributed by atoms with Crippen molar-refractivity contribution in [2.24, 2.45) is 5.41 Å². The molecule has 0 aliphatic carbocycles. The van der Waals surface area contributed by atoms with Crippen molar-refractivity contribution in [3.05, 3.63) is 89.0 Å². The molecule has 2 aromatic carbocycles. The molecule has 0 fully saturated rings. The van der Waals surface area contributed by atoms with Crippen LogP contribution in [0.3, 0.4) is 0 Å². The molecule has 1 N–H and O–H groups in total. The van der Waals surface area contributed by atoms with Gasteiger partial charge in [-0.25, -0.2) is 23.4 Å². The first-order valence-corrected chi connectivity index (χ1v) is 17.1. The number of halogens is 3. The molecule has 49 heavy (non-hydrogen) atoms. The summed E-state index contributed by atoms with van der Waals surface area (Å²) < 4.78 is 86.4. The number of pyridine rings is 1. The second kappa shape index (κ2) is 13.7. The summed E-state index contributed by atoms with van der Waals surface area (Å²) in [7, 11) is -4.44. The lowest BCUT2D eigenvalue weighted by Gasteiger charge is -2.35. The van der Waals surface area contributed by atoms with E-state index >= 15 is 13.2 Å². The van der Waals surface area contributed by atoms with Crippen molar-refractivity contribution in [3.8, 4) is 22.8 Å². The van der Waals surface area contributed by atoms with Crippen LogP contribution in [0.5, 0.6) is 11.5 Å². The molecular formula is C35H38F3N5O5S. The number of hydrogen-bond donors (Lipinski definition) is 1. The Hall–Kier alpha value is -4.72. The number of sulfonamides is 1. The number of carbonyl (C=O) groups is 1. The van der Waals surface area contributed by atoms with Crippen LogP contribution in [0, 0.1) is 19.3 Å². The number of fused-ring (bicyclic) bond motifs is 4. The van der Waals surface area contributed by atoms with Crippen LogP contribution in [0.1, 0.15) is 67.0 Å². The van der Waals surface area contributed by atoms with Gasteiger partial charge in [0.1, 0.15) is 29.6 Å². The fourth-order valence-corrected chi connectivity index (χ4v) is 6.86. The molecule has 1 aliphatic heterocycles. The molecule has 2 aromatic heterocycles. The van der Waals surface area contributed by atoms with Gasteiger partial charge in [-0.15, -0.1) is 0 Å². The van der Waals surface area contributed by atoms with Gasteiger partial charge in [0.25, 0.3) is 15.9 Å². The van der Waals surface area contributed by atoms with Gasteiger partial charge in [0.05, 0.1) is 42.2 Å². The van der Waals surface area contributed by atoms with Crippen molar-refractivity contribution < 1.29 is 35.9 Å². The van der Waals surface area contributed by atoms with Gasteiger partial charge in [-0.2, -0.15) is 13.2 Å². The van der Waals surface area contributed by atoms with Gasteiger partial charge in [0, 0.05) is 17.2 Å². The summed E-state index contributed by atoms with van der Waals surface area (Å²) in [6.45, 7) is 10.8. The van der Waals surface area contributed by atoms with E-state index in [0.29, 0.717) is 29.9 Å². The SMILES string of the molecule is CCOc1cnc(CN2C(=O)c3cccc(c3)S(=O)(=O)Nc3cc(c(C(F)(F)F)c(-c4c(C)cccc4C)n3)OC[C@H]2CC(C)(C)C)nc1. The van der Waals surface area contributed by atoms with Crippen LogP contribution in [0.2, 0.25) is 0 Å². The molecule has 0 spiro atoms. The average molecular weight is 698 g/mol. The van der Waals surface area contributed by atoms with Crippen molar-refractivity contribution >= 4 is 21.7 Å². The third-order valence-corrected chi connectivity index (χ3v) is 9.25. The maximum absolute atomic E-state index is 15.1. The van der Waals surface area contributed by atoms with E-state index in [4.69, 9.17) is 9.47 Å². The van der Waals surface area contributed by atoms with E-state index in [0.717, 1.165) is 6.07 Å². The maximum Gasteiger partial charge on any atom is 0.422 e. The van der Waals surface area contributed by atoms with Gasteiger partial charge in [0.15, 0.2) is 5.75 Å². The molecule has 14 heteroatoms. The predicted octanol–water partition coefficient (Wildman–Crippen LogP) is 7.21. The van der Waals surface area contributed by atoms with E-state index in [1.165, 1.54) is 41.6 Å². The summed E-state index contributed by atoms with van der Waals surface area (Å²) in [5.41, 5.74) is -0.816. The number of hydrogen-bond acceptors (Lipinski definition) is 8. The number of alkyl halides is 3. The van der Waals surface area contributed by atoms with E-state index in [9.17, 15) is 13.2 Å². The van der Waals surface area contributed by atoms with E-state index in [1.807, 2.05) is 27.7 Å². The highest BCUT2D eigenvalue weighted by molar-refractivity contribution is 7.92. The molecule has 1 amide bonds. The minimum Gasteiger partial charge on any atom is -0.491 e. The zero-order valence-electron chi connectivity index (χ0n) is 28.1. The first-order chi connectivity index (χ1) is 23.0. The topological polar surface area (TPSA) is 124 Å². The Balaban J connectivity index is 1.75. The first-order valence-electron chi connectivity index (χ1n) is 15.7. The van der Waals surface area contributed by atoms with Gasteiger partial charge in [-0.05, 0) is 61.9 Å². The number of nitrogens with zero attached hydrogens (tertiary/aromatic N) is 4. The van der Waals surface area contributed by atoms with E-state index in [-0.39, 0.29) is 40.8 Å². The van der Waals surface area contributed by atoms with Crippen molar-refractivity contribution in [1.82, 2.24) is 19.9 Å². The monoisotopic (exact) mass is 697 g/mol. The highest BCUT2D eigenvalue weighted by Crippen LogP contribution is 2.45. The van der Waals surface area contributed by atoms with Crippen LogP contribution < -0.4 is 14.2 Å². The molecule has 0 radical (unpaired) electrons. The minimum absolute atomic E-state index is 0.0406. The zero-order chi connectivity index (χ0) is 35.7. The third kappa shape index (κ3) is 8.12. The highest BCUT2D eigenvalue weighted by atomic mass is 32.2. The number of anilines is 1. The second-order valence-corrected chi connectivity index (χ2v) is 14.7. The Morgan fingerprint density at radius 1 is 1.02 bits per heavy atom. The fourth-order valence-electron chi connectivity index (χ4n) is 5.83. The smallest absolute Gasteiger partial charge is 0.422 e. The molecule has 1 aliphatic rings. The van der Waals surface area contributed by atoms with Crippen LogP contribution in [-0.2, 0) is 22.7 Å². The number of aromatic nitrogens is 3. The predicted molar refractivity (Wildman–Crippen MR) is 178 cm³/mol. The molecule has 3 heterocycles. The molecule has 260 valence electrons. The van der Waals surface area contributed by atoms with Crippen molar-refractivity contribution in [2.45, 2.75) is 71.6 Å². The molecule has 0 unspecified atom stereocenters. The molecule has 4 bridgehead atoms. The first kappa shape index (κ1) is 35.6. The van der Waals surface area contributed by atoms with Crippen LogP contribution >= 0.6 is 0 Å². The van der Waals surface area contributed by atoms with Gasteiger partial charge in [-0.1, -0.05) is 45.0 Å². The van der Waals surface area contributed by atoms with Gasteiger partial charge in [0.2, 0.25) is 0 Å². The fraction of sp³-hybridized carbons (Fsp3) is 0.371. The normalized spacial score (nSPS) is 16.5. The Morgan fingerprint density at radius 3 is 2.29 bits per heavy atom. The highest BCUT2D eigenvalue weighted by Gasteiger charge is 2.41. The van der Waals surface area contributed by atoms with Crippen molar-refractivity contribution in [2.75, 3.05) is 17.9 Å². The summed E-state index contributed by atoms with van der Waals surface area (Å²) >= 11 is 0. The largest absolute Gasteiger partial charge is 0.491 e. The summed E-state index contributed by atoms with van der Waals surface area (Å²) in [6.07, 6.45) is -1.72. The lowest BCUT2D eigenvalue weighted by Crippen LogP contribution is -2.45. The standard InChI is InChI=1S/C35H38F3N5O5S/c1-7-47-25-17-39-29(40-18-25)19-43-24(16-34(4,5)6)20-48-27-15-28(42-49(45,46)26-13-9-12-23(14-26)33(43)44)41-32(31(27)35(36,37)38)30-21(2)10-8-11-22(30)3/h8-15,17-18,24H,7,16,19-20H2,1-6H3,(H,41,42)/t24-/m1/s1. The minimum atomic E-state index is -4.95. The number of rotatable bonds is 6. The van der Waals surface area contributed by atoms with Crippen LogP contribution in [0.25, 0.3) is 11.3 Å². The molecule has 4 aromatic rings. The summed E-state index contributed by atoms with van der Waals surface area (Å²) in [4.78, 5) is 28.4. The Bertz CT molecular complexity index is 1940. The molecule has 0 saturated carbocycles. The Kier molecular flexibility index (Phi) is 9.91. The van der Waals surface area contributed by atoms with E-state index in [2.05, 4.69) is 19.7 Å². The Morgan fingerprint density at radius 2 is 1.67 bits per heavy atom. The van der Waals surface area contributed by atoms with Crippen LogP contribution in [0.4, 0.5) is 19.0 Å². The summed E-state index contributed by atoms with van der Waals surface area (Å²) in [6, 6.07) is 10.6. The van der Waals surface area contributed by atoms with Crippen LogP contribution in [0.15, 0.2) is 65.8 Å². The second-order valence-electron chi connectivity index (χ2n) is 13.1. The number of aryl methyl sites for hydroxylation is 2. The molecular weight excluding hydrogens is 659 g/mol. The van der Waals surface area contributed by atoms with Gasteiger partial charge < -0.3 is 14.4 Å². The maximum atomic E-state index is 15.1. The molecule has 0 saturated heterocycles. The van der Waals surface area contributed by atoms with Gasteiger partial charge >= 0.3 is 6.18 Å². The molecule has 5 rings (SSSR count). The van der Waals surface area contributed by atoms with Gasteiger partial charge in [-0.3, -0.25) is 9.52 Å². The van der Waals surface area contributed by atoms with Crippen LogP contribution in [-0.4, -0.2) is 53.4 Å². The Labute approximate surface area is 283 Å². The molecule has 10 nitrogen and oxygen atoms in total. The summed E-state index contributed by atoms with van der Waals surface area (Å²) in [5, 5.41) is 0. The average Bonchev–Trinajstić information content (AvgIpc) is 3.01. The number of benzene rings is 2. The van der Waals surface area contributed by atoms with E-state index in [1.54, 1.807) is 32.0 Å². The summed E-state index contributed by atoms with van der Waals surface area (Å²) in [5.74, 6) is -0.917. The number of carbonyl (C=O) groups excluding carboxylic acids is 1. The number of ether oxygens (including phenoxy) is 2.